The van der Waals surface area contributed by atoms with Gasteiger partial charge in [0.2, 0.25) is 5.91 Å². The number of carbonyl (C=O) groups is 1. The van der Waals surface area contributed by atoms with Crippen LogP contribution in [0.4, 0.5) is 4.39 Å². The van der Waals surface area contributed by atoms with E-state index in [4.69, 9.17) is 0 Å². The van der Waals surface area contributed by atoms with E-state index in [0.29, 0.717) is 18.4 Å². The van der Waals surface area contributed by atoms with E-state index in [9.17, 15) is 9.18 Å². The summed E-state index contributed by atoms with van der Waals surface area (Å²) in [4.78, 5) is 17.8. The Balaban J connectivity index is 0.00000392. The van der Waals surface area contributed by atoms with E-state index in [2.05, 4.69) is 34.6 Å². The van der Waals surface area contributed by atoms with Gasteiger partial charge in [0.25, 0.3) is 0 Å². The molecular formula is C19H28FIN6O. The van der Waals surface area contributed by atoms with Gasteiger partial charge in [-0.3, -0.25) is 4.79 Å². The first-order valence-corrected chi connectivity index (χ1v) is 8.88. The van der Waals surface area contributed by atoms with E-state index in [-0.39, 0.29) is 42.2 Å². The van der Waals surface area contributed by atoms with Crippen molar-refractivity contribution < 1.29 is 9.18 Å². The van der Waals surface area contributed by atoms with Gasteiger partial charge in [-0.25, -0.2) is 14.1 Å². The molecule has 1 heterocycles. The summed E-state index contributed by atoms with van der Waals surface area (Å²) >= 11 is 0. The van der Waals surface area contributed by atoms with Crippen LogP contribution in [-0.2, 0) is 11.3 Å². The van der Waals surface area contributed by atoms with Crippen molar-refractivity contribution in [3.63, 3.8) is 0 Å². The van der Waals surface area contributed by atoms with Crippen LogP contribution in [0.1, 0.15) is 19.5 Å². The number of likely N-dealkylation sites (N-methyl/N-ethyl adjacent to an activating group) is 1. The smallest absolute Gasteiger partial charge is 0.241 e. The van der Waals surface area contributed by atoms with Crippen molar-refractivity contribution in [2.75, 3.05) is 27.2 Å². The van der Waals surface area contributed by atoms with E-state index >= 15 is 0 Å². The van der Waals surface area contributed by atoms with Crippen LogP contribution in [0.15, 0.2) is 41.5 Å². The van der Waals surface area contributed by atoms with E-state index in [1.807, 2.05) is 12.3 Å². The highest BCUT2D eigenvalue weighted by atomic mass is 127. The summed E-state index contributed by atoms with van der Waals surface area (Å²) in [7, 11) is 3.43. The zero-order valence-electron chi connectivity index (χ0n) is 16.6. The maximum absolute atomic E-state index is 13.0. The Morgan fingerprint density at radius 2 is 1.89 bits per heavy atom. The van der Waals surface area contributed by atoms with Gasteiger partial charge in [-0.05, 0) is 36.2 Å². The Hall–Kier alpha value is -2.17. The van der Waals surface area contributed by atoms with Crippen molar-refractivity contribution in [3.05, 3.63) is 48.0 Å². The summed E-state index contributed by atoms with van der Waals surface area (Å²) in [6.07, 6.45) is 1.81. The molecule has 0 unspecified atom stereocenters. The third-order valence-corrected chi connectivity index (χ3v) is 3.72. The molecule has 0 aliphatic heterocycles. The predicted octanol–water partition coefficient (Wildman–Crippen LogP) is 2.41. The molecule has 1 aromatic carbocycles. The van der Waals surface area contributed by atoms with Gasteiger partial charge in [0.05, 0.1) is 24.5 Å². The van der Waals surface area contributed by atoms with Crippen LogP contribution in [0.2, 0.25) is 0 Å². The van der Waals surface area contributed by atoms with Gasteiger partial charge in [0, 0.05) is 26.8 Å². The largest absolute Gasteiger partial charge is 0.356 e. The highest BCUT2D eigenvalue weighted by molar-refractivity contribution is 14.0. The number of rotatable bonds is 7. The Morgan fingerprint density at radius 1 is 1.21 bits per heavy atom. The van der Waals surface area contributed by atoms with Crippen LogP contribution in [-0.4, -0.2) is 53.7 Å². The molecule has 0 spiro atoms. The summed E-state index contributed by atoms with van der Waals surface area (Å²) in [6, 6.07) is 7.99. The first kappa shape index (κ1) is 23.9. The molecule has 7 nitrogen and oxygen atoms in total. The first-order valence-electron chi connectivity index (χ1n) is 8.88. The minimum atomic E-state index is -0.282. The number of carbonyl (C=O) groups excluding carboxylic acids is 1. The van der Waals surface area contributed by atoms with Gasteiger partial charge in [0.1, 0.15) is 5.82 Å². The highest BCUT2D eigenvalue weighted by Crippen LogP contribution is 2.09. The van der Waals surface area contributed by atoms with Crippen LogP contribution < -0.4 is 10.6 Å². The van der Waals surface area contributed by atoms with Crippen LogP contribution >= 0.6 is 24.0 Å². The summed E-state index contributed by atoms with van der Waals surface area (Å²) in [5, 5.41) is 10.7. The van der Waals surface area contributed by atoms with Crippen molar-refractivity contribution >= 4 is 35.8 Å². The Kier molecular flexibility index (Phi) is 9.91. The van der Waals surface area contributed by atoms with Gasteiger partial charge >= 0.3 is 0 Å². The van der Waals surface area contributed by atoms with Crippen molar-refractivity contribution in [1.29, 1.82) is 0 Å². The average Bonchev–Trinajstić information content (AvgIpc) is 3.10. The molecule has 0 saturated heterocycles. The lowest BCUT2D eigenvalue weighted by Gasteiger charge is -2.15. The second-order valence-electron chi connectivity index (χ2n) is 6.81. The summed E-state index contributed by atoms with van der Waals surface area (Å²) < 4.78 is 14.7. The first-order chi connectivity index (χ1) is 12.8. The molecule has 0 atom stereocenters. The quantitative estimate of drug-likeness (QED) is 0.347. The number of amides is 1. The molecule has 0 bridgehead atoms. The highest BCUT2D eigenvalue weighted by Gasteiger charge is 2.07. The SMILES string of the molecule is CC(C)CNC(=NCc1ccn(-c2ccc(F)cc2)n1)NCC(=O)N(C)C.I. The summed E-state index contributed by atoms with van der Waals surface area (Å²) in [6.45, 7) is 5.46. The molecule has 0 aliphatic rings. The summed E-state index contributed by atoms with van der Waals surface area (Å²) in [5.41, 5.74) is 1.54. The standard InChI is InChI=1S/C19H27FN6O.HI/c1-14(2)11-21-19(23-13-18(27)25(3)4)22-12-16-9-10-26(24-16)17-7-5-15(20)6-8-17;/h5-10,14H,11-13H2,1-4H3,(H2,21,22,23);1H. The Bertz CT molecular complexity index is 773. The molecule has 9 heteroatoms. The van der Waals surface area contributed by atoms with Crippen LogP contribution in [0.3, 0.4) is 0 Å². The zero-order valence-corrected chi connectivity index (χ0v) is 19.0. The molecule has 0 fully saturated rings. The van der Waals surface area contributed by atoms with Crippen molar-refractivity contribution in [3.8, 4) is 5.69 Å². The monoisotopic (exact) mass is 502 g/mol. The fourth-order valence-electron chi connectivity index (χ4n) is 2.14. The number of hydrogen-bond acceptors (Lipinski definition) is 3. The van der Waals surface area contributed by atoms with Gasteiger partial charge in [-0.2, -0.15) is 5.10 Å². The minimum absolute atomic E-state index is 0. The molecule has 28 heavy (non-hydrogen) atoms. The van der Waals surface area contributed by atoms with E-state index in [1.165, 1.54) is 17.0 Å². The number of nitrogens with zero attached hydrogens (tertiary/aromatic N) is 4. The molecule has 154 valence electrons. The molecule has 2 aromatic rings. The Labute approximate surface area is 182 Å². The van der Waals surface area contributed by atoms with Gasteiger partial charge < -0.3 is 15.5 Å². The van der Waals surface area contributed by atoms with Crippen molar-refractivity contribution in [2.24, 2.45) is 10.9 Å². The lowest BCUT2D eigenvalue weighted by molar-refractivity contribution is -0.127. The lowest BCUT2D eigenvalue weighted by atomic mass is 10.2. The maximum Gasteiger partial charge on any atom is 0.241 e. The molecule has 0 aliphatic carbocycles. The number of guanidine groups is 1. The molecule has 2 rings (SSSR count). The van der Waals surface area contributed by atoms with Gasteiger partial charge in [-0.15, -0.1) is 24.0 Å². The third kappa shape index (κ3) is 7.83. The van der Waals surface area contributed by atoms with Crippen LogP contribution in [0.25, 0.3) is 5.69 Å². The average molecular weight is 502 g/mol. The number of halogens is 2. The van der Waals surface area contributed by atoms with Crippen molar-refractivity contribution in [1.82, 2.24) is 25.3 Å². The molecule has 2 N–H and O–H groups in total. The van der Waals surface area contributed by atoms with Crippen LogP contribution in [0.5, 0.6) is 0 Å². The molecule has 1 aromatic heterocycles. The van der Waals surface area contributed by atoms with E-state index in [0.717, 1.165) is 17.9 Å². The fraction of sp³-hybridized carbons (Fsp3) is 0.421. The second kappa shape index (κ2) is 11.6. The van der Waals surface area contributed by atoms with Gasteiger partial charge in [-0.1, -0.05) is 13.8 Å². The van der Waals surface area contributed by atoms with Gasteiger partial charge in [0.15, 0.2) is 5.96 Å². The lowest BCUT2D eigenvalue weighted by Crippen LogP contribution is -2.44. The molecular weight excluding hydrogens is 474 g/mol. The molecule has 0 radical (unpaired) electrons. The minimum Gasteiger partial charge on any atom is -0.356 e. The normalized spacial score (nSPS) is 11.1. The zero-order chi connectivity index (χ0) is 19.8. The molecule has 0 saturated carbocycles. The van der Waals surface area contributed by atoms with E-state index in [1.54, 1.807) is 30.9 Å². The number of nitrogens with one attached hydrogen (secondary N) is 2. The molecule has 1 amide bonds. The third-order valence-electron chi connectivity index (χ3n) is 3.72. The number of aromatic nitrogens is 2. The maximum atomic E-state index is 13.0. The van der Waals surface area contributed by atoms with Crippen molar-refractivity contribution in [2.45, 2.75) is 20.4 Å². The Morgan fingerprint density at radius 3 is 2.50 bits per heavy atom. The fourth-order valence-corrected chi connectivity index (χ4v) is 2.14. The van der Waals surface area contributed by atoms with Crippen LogP contribution in [0, 0.1) is 11.7 Å². The number of benzene rings is 1. The number of aliphatic imine (C=N–C) groups is 1. The predicted molar refractivity (Wildman–Crippen MR) is 120 cm³/mol. The summed E-state index contributed by atoms with van der Waals surface area (Å²) in [5.74, 6) is 0.694. The second-order valence-corrected chi connectivity index (χ2v) is 6.81. The van der Waals surface area contributed by atoms with E-state index < -0.39 is 0 Å². The number of hydrogen-bond donors (Lipinski definition) is 2. The topological polar surface area (TPSA) is 74.5 Å².